The van der Waals surface area contributed by atoms with Crippen molar-refractivity contribution < 1.29 is 18.7 Å². The number of aromatic nitrogens is 2. The van der Waals surface area contributed by atoms with Gasteiger partial charge in [-0.1, -0.05) is 6.07 Å². The van der Waals surface area contributed by atoms with Crippen LogP contribution in [0.15, 0.2) is 23.0 Å². The van der Waals surface area contributed by atoms with Gasteiger partial charge in [-0.15, -0.1) is 0 Å². The lowest BCUT2D eigenvalue weighted by Crippen LogP contribution is -2.30. The maximum absolute atomic E-state index is 13.0. The molecule has 7 heteroatoms. The summed E-state index contributed by atoms with van der Waals surface area (Å²) in [4.78, 5) is 26.1. The number of carboxylic acid groups (broad SMARTS) is 1. The number of carboxylic acids is 1. The van der Waals surface area contributed by atoms with Gasteiger partial charge in [0.1, 0.15) is 0 Å². The Bertz CT molecular complexity index is 630. The Balaban J connectivity index is 2.37. The summed E-state index contributed by atoms with van der Waals surface area (Å²) in [7, 11) is 0. The summed E-state index contributed by atoms with van der Waals surface area (Å²) in [6, 6.07) is 4.12. The van der Waals surface area contributed by atoms with Crippen molar-refractivity contribution in [3.05, 3.63) is 34.2 Å². The number of aliphatic carboxylic acids is 1. The van der Waals surface area contributed by atoms with Crippen molar-refractivity contribution in [2.75, 3.05) is 0 Å². The molecule has 1 aromatic carbocycles. The molecule has 2 rings (SSSR count). The first-order chi connectivity index (χ1) is 7.88. The second kappa shape index (κ2) is 3.69. The minimum absolute atomic E-state index is 0.139. The third-order valence-electron chi connectivity index (χ3n) is 2.32. The van der Waals surface area contributed by atoms with Gasteiger partial charge in [0.2, 0.25) is 0 Å². The van der Waals surface area contributed by atoms with Crippen LogP contribution in [0.4, 0.5) is 8.78 Å². The molecule has 0 amide bonds. The average Bonchev–Trinajstić information content (AvgIpc) is 2.56. The van der Waals surface area contributed by atoms with Gasteiger partial charge < -0.3 is 15.1 Å². The molecule has 1 aromatic heterocycles. The molecule has 17 heavy (non-hydrogen) atoms. The van der Waals surface area contributed by atoms with Crippen LogP contribution in [0, 0.1) is 0 Å². The smallest absolute Gasteiger partial charge is 0.374 e. The number of halogens is 2. The Morgan fingerprint density at radius 2 is 1.94 bits per heavy atom. The highest BCUT2D eigenvalue weighted by Gasteiger charge is 2.38. The Labute approximate surface area is 93.1 Å². The molecule has 0 aliphatic heterocycles. The van der Waals surface area contributed by atoms with Gasteiger partial charge in [0, 0.05) is 6.42 Å². The van der Waals surface area contributed by atoms with Crippen LogP contribution in [0.3, 0.4) is 0 Å². The fourth-order valence-electron chi connectivity index (χ4n) is 1.52. The van der Waals surface area contributed by atoms with Crippen molar-refractivity contribution in [1.82, 2.24) is 9.97 Å². The van der Waals surface area contributed by atoms with E-state index in [1.54, 1.807) is 0 Å². The van der Waals surface area contributed by atoms with E-state index >= 15 is 0 Å². The van der Waals surface area contributed by atoms with Gasteiger partial charge in [-0.2, -0.15) is 8.78 Å². The molecule has 0 saturated heterocycles. The molecule has 3 N–H and O–H groups in total. The molecule has 0 fully saturated rings. The molecular weight excluding hydrogens is 234 g/mol. The summed E-state index contributed by atoms with van der Waals surface area (Å²) in [5.41, 5.74) is 0.549. The third kappa shape index (κ3) is 2.17. The van der Waals surface area contributed by atoms with E-state index in [0.29, 0.717) is 11.0 Å². The zero-order valence-corrected chi connectivity index (χ0v) is 8.46. The number of carbonyl (C=O) groups is 1. The average molecular weight is 242 g/mol. The molecule has 90 valence electrons. The Hall–Kier alpha value is -2.18. The molecule has 0 spiro atoms. The number of hydrogen-bond acceptors (Lipinski definition) is 2. The molecule has 0 saturated carbocycles. The summed E-state index contributed by atoms with van der Waals surface area (Å²) in [5.74, 6) is -5.98. The molecule has 2 aromatic rings. The first-order valence-electron chi connectivity index (χ1n) is 4.70. The highest BCUT2D eigenvalue weighted by Crippen LogP contribution is 2.21. The highest BCUT2D eigenvalue weighted by molar-refractivity contribution is 5.77. The maximum atomic E-state index is 13.0. The van der Waals surface area contributed by atoms with E-state index in [1.165, 1.54) is 18.2 Å². The molecule has 0 aliphatic rings. The topological polar surface area (TPSA) is 85.9 Å². The van der Waals surface area contributed by atoms with Crippen LogP contribution in [-0.2, 0) is 11.2 Å². The van der Waals surface area contributed by atoms with Gasteiger partial charge in [-0.25, -0.2) is 9.59 Å². The molecule has 0 unspecified atom stereocenters. The van der Waals surface area contributed by atoms with E-state index in [2.05, 4.69) is 9.97 Å². The lowest BCUT2D eigenvalue weighted by atomic mass is 10.1. The summed E-state index contributed by atoms with van der Waals surface area (Å²) in [6.45, 7) is 0. The van der Waals surface area contributed by atoms with E-state index in [-0.39, 0.29) is 5.56 Å². The summed E-state index contributed by atoms with van der Waals surface area (Å²) < 4.78 is 25.9. The largest absolute Gasteiger partial charge is 0.477 e. The molecule has 0 bridgehead atoms. The van der Waals surface area contributed by atoms with E-state index < -0.39 is 24.0 Å². The quantitative estimate of drug-likeness (QED) is 0.753. The number of hydrogen-bond donors (Lipinski definition) is 3. The van der Waals surface area contributed by atoms with E-state index in [1.807, 2.05) is 0 Å². The number of nitrogens with one attached hydrogen (secondary N) is 2. The van der Waals surface area contributed by atoms with Crippen LogP contribution in [0.25, 0.3) is 11.0 Å². The first kappa shape index (κ1) is 11.3. The van der Waals surface area contributed by atoms with Gasteiger partial charge in [-0.3, -0.25) is 0 Å². The molecule has 0 radical (unpaired) electrons. The van der Waals surface area contributed by atoms with Gasteiger partial charge in [0.05, 0.1) is 11.0 Å². The molecule has 0 atom stereocenters. The number of aromatic amines is 2. The predicted octanol–water partition coefficient (Wildman–Crippen LogP) is 1.12. The molecule has 1 heterocycles. The normalized spacial score (nSPS) is 11.9. The maximum Gasteiger partial charge on any atom is 0.374 e. The lowest BCUT2D eigenvalue weighted by Gasteiger charge is -2.10. The number of alkyl halides is 2. The van der Waals surface area contributed by atoms with E-state index in [9.17, 15) is 18.4 Å². The van der Waals surface area contributed by atoms with Crippen LogP contribution in [-0.4, -0.2) is 27.0 Å². The third-order valence-corrected chi connectivity index (χ3v) is 2.32. The Morgan fingerprint density at radius 1 is 1.29 bits per heavy atom. The fourth-order valence-corrected chi connectivity index (χ4v) is 1.52. The van der Waals surface area contributed by atoms with Gasteiger partial charge >= 0.3 is 17.6 Å². The van der Waals surface area contributed by atoms with E-state index in [0.717, 1.165) is 0 Å². The predicted molar refractivity (Wildman–Crippen MR) is 55.2 cm³/mol. The monoisotopic (exact) mass is 242 g/mol. The summed E-state index contributed by atoms with van der Waals surface area (Å²) in [5, 5.41) is 8.31. The Kier molecular flexibility index (Phi) is 2.45. The zero-order valence-electron chi connectivity index (χ0n) is 8.46. The fraction of sp³-hybridized carbons (Fsp3) is 0.200. The van der Waals surface area contributed by atoms with E-state index in [4.69, 9.17) is 5.11 Å². The van der Waals surface area contributed by atoms with Crippen molar-refractivity contribution in [1.29, 1.82) is 0 Å². The van der Waals surface area contributed by atoms with Crippen molar-refractivity contribution in [2.24, 2.45) is 0 Å². The summed E-state index contributed by atoms with van der Waals surface area (Å²) in [6.07, 6.45) is -0.911. The molecule has 5 nitrogen and oxygen atoms in total. The zero-order chi connectivity index (χ0) is 12.6. The minimum atomic E-state index is -3.82. The Morgan fingerprint density at radius 3 is 2.59 bits per heavy atom. The van der Waals surface area contributed by atoms with Gasteiger partial charge in [0.25, 0.3) is 0 Å². The van der Waals surface area contributed by atoms with Crippen LogP contribution in [0.2, 0.25) is 0 Å². The van der Waals surface area contributed by atoms with Crippen molar-refractivity contribution in [3.63, 3.8) is 0 Å². The SMILES string of the molecule is O=C(O)C(F)(F)Cc1ccc2[nH]c(=O)[nH]c2c1. The highest BCUT2D eigenvalue weighted by atomic mass is 19.3. The van der Waals surface area contributed by atoms with Crippen LogP contribution < -0.4 is 5.69 Å². The molecular formula is C10H8F2N2O3. The molecule has 0 aliphatic carbocycles. The van der Waals surface area contributed by atoms with Crippen molar-refractivity contribution >= 4 is 17.0 Å². The standard InChI is InChI=1S/C10H8F2N2O3/c11-10(12,8(15)16)4-5-1-2-6-7(3-5)14-9(17)13-6/h1-3H,4H2,(H,15,16)(H2,13,14,17). The van der Waals surface area contributed by atoms with Crippen LogP contribution >= 0.6 is 0 Å². The number of benzene rings is 1. The number of fused-ring (bicyclic) bond motifs is 1. The lowest BCUT2D eigenvalue weighted by molar-refractivity contribution is -0.164. The van der Waals surface area contributed by atoms with Gasteiger partial charge in [-0.05, 0) is 17.7 Å². The van der Waals surface area contributed by atoms with Gasteiger partial charge in [0.15, 0.2) is 0 Å². The minimum Gasteiger partial charge on any atom is -0.477 e. The number of imidazole rings is 1. The van der Waals surface area contributed by atoms with Crippen LogP contribution in [0.1, 0.15) is 5.56 Å². The van der Waals surface area contributed by atoms with Crippen LogP contribution in [0.5, 0.6) is 0 Å². The van der Waals surface area contributed by atoms with Crippen molar-refractivity contribution in [2.45, 2.75) is 12.3 Å². The second-order valence-electron chi connectivity index (χ2n) is 3.65. The first-order valence-corrected chi connectivity index (χ1v) is 4.70. The second-order valence-corrected chi connectivity index (χ2v) is 3.65. The number of H-pyrrole nitrogens is 2. The van der Waals surface area contributed by atoms with Crippen molar-refractivity contribution in [3.8, 4) is 0 Å². The number of rotatable bonds is 3. The summed E-state index contributed by atoms with van der Waals surface area (Å²) >= 11 is 0.